The molecule has 0 bridgehead atoms. The number of hydrogen-bond acceptors (Lipinski definition) is 1. The lowest BCUT2D eigenvalue weighted by molar-refractivity contribution is -0.0904. The maximum Gasteiger partial charge on any atom is 0.442 e. The average molecular weight is 151 g/mol. The van der Waals surface area contributed by atoms with Crippen LogP contribution in [-0.4, -0.2) is 16.4 Å². The third-order valence-corrected chi connectivity index (χ3v) is 1.10. The fourth-order valence-corrected chi connectivity index (χ4v) is 0.724. The molecule has 1 nitrogen and oxygen atoms in total. The number of alkyl halides is 3. The number of rotatable bonds is 0. The van der Waals surface area contributed by atoms with E-state index < -0.39 is 11.9 Å². The molecule has 0 radical (unpaired) electrons. The Balaban J connectivity index is 2.94. The van der Waals surface area contributed by atoms with Crippen molar-refractivity contribution in [3.05, 3.63) is 5.70 Å². The highest BCUT2D eigenvalue weighted by Gasteiger charge is 2.34. The first-order chi connectivity index (χ1) is 4.11. The molecule has 0 fully saturated rings. The van der Waals surface area contributed by atoms with Gasteiger partial charge in [-0.1, -0.05) is 0 Å². The molecule has 0 saturated heterocycles. The fraction of sp³-hybridized carbons (Fsp3) is 0.250. The molecular weight excluding hydrogens is 151 g/mol. The molecule has 0 saturated carbocycles. The van der Waals surface area contributed by atoms with E-state index in [1.165, 1.54) is 0 Å². The number of isothiocyanates is 1. The van der Waals surface area contributed by atoms with Gasteiger partial charge in [-0.3, -0.25) is 0 Å². The van der Waals surface area contributed by atoms with Crippen LogP contribution in [0.3, 0.4) is 0 Å². The Kier molecular flexibility index (Phi) is 1.33. The second kappa shape index (κ2) is 1.88. The highest BCUT2D eigenvalue weighted by molar-refractivity contribution is 7.95. The van der Waals surface area contributed by atoms with Crippen molar-refractivity contribution in [2.24, 2.45) is 4.99 Å². The van der Waals surface area contributed by atoms with Crippen LogP contribution in [0.15, 0.2) is 10.7 Å². The van der Waals surface area contributed by atoms with Crippen molar-refractivity contribution in [3.8, 4) is 0 Å². The van der Waals surface area contributed by atoms with Crippen LogP contribution in [0, 0.1) is 0 Å². The molecule has 5 heteroatoms. The summed E-state index contributed by atoms with van der Waals surface area (Å²) in [4.78, 5) is 2.90. The summed E-state index contributed by atoms with van der Waals surface area (Å²) >= 11 is 0. The van der Waals surface area contributed by atoms with Crippen LogP contribution in [0.1, 0.15) is 0 Å². The first-order valence-electron chi connectivity index (χ1n) is 1.92. The van der Waals surface area contributed by atoms with Gasteiger partial charge in [0.05, 0.1) is 5.16 Å². The van der Waals surface area contributed by atoms with Crippen LogP contribution >= 0.6 is 10.9 Å². The summed E-state index contributed by atoms with van der Waals surface area (Å²) in [6.07, 6.45) is -4.36. The van der Waals surface area contributed by atoms with E-state index in [0.717, 1.165) is 0 Å². The first-order valence-corrected chi connectivity index (χ1v) is 2.74. The summed E-state index contributed by atoms with van der Waals surface area (Å²) in [7, 11) is 0.685. The van der Waals surface area contributed by atoms with Crippen molar-refractivity contribution >= 4 is 21.1 Å². The van der Waals surface area contributed by atoms with Crippen molar-refractivity contribution < 1.29 is 13.2 Å². The molecule has 1 rings (SSSR count). The smallest absolute Gasteiger partial charge is 0.180 e. The molecular formula is C4F3NS. The van der Waals surface area contributed by atoms with Crippen LogP contribution in [0.5, 0.6) is 0 Å². The minimum absolute atomic E-state index is 0.685. The van der Waals surface area contributed by atoms with Crippen LogP contribution in [0.4, 0.5) is 13.2 Å². The molecule has 0 aromatic heterocycles. The van der Waals surface area contributed by atoms with E-state index in [9.17, 15) is 13.2 Å². The summed E-state index contributed by atoms with van der Waals surface area (Å²) in [6, 6.07) is 0. The van der Waals surface area contributed by atoms with E-state index in [0.29, 0.717) is 10.9 Å². The molecule has 0 unspecified atom stereocenters. The highest BCUT2D eigenvalue weighted by atomic mass is 32.1. The number of halogens is 3. The average Bonchev–Trinajstić information content (AvgIpc) is 2.08. The Hall–Kier alpha value is -0.760. The second-order valence-corrected chi connectivity index (χ2v) is 1.84. The van der Waals surface area contributed by atoms with Gasteiger partial charge in [-0.2, -0.15) is 18.2 Å². The van der Waals surface area contributed by atoms with Gasteiger partial charge >= 0.3 is 6.18 Å². The molecule has 0 atom stereocenters. The van der Waals surface area contributed by atoms with E-state index >= 15 is 0 Å². The minimum Gasteiger partial charge on any atom is -0.180 e. The number of nitrogens with zero attached hydrogens (tertiary/aromatic N) is 1. The summed E-state index contributed by atoms with van der Waals surface area (Å²) in [5.41, 5.74) is -0.993. The van der Waals surface area contributed by atoms with E-state index in [-0.39, 0.29) is 0 Å². The quantitative estimate of drug-likeness (QED) is 0.465. The third-order valence-electron chi connectivity index (χ3n) is 0.619. The fourth-order valence-electron chi connectivity index (χ4n) is 0.284. The Labute approximate surface area is 52.1 Å². The van der Waals surface area contributed by atoms with Crippen LogP contribution in [0.25, 0.3) is 0 Å². The molecule has 9 heavy (non-hydrogen) atoms. The van der Waals surface area contributed by atoms with Crippen LogP contribution in [-0.2, 0) is 0 Å². The van der Waals surface area contributed by atoms with Gasteiger partial charge in [-0.05, 0) is 16.0 Å². The number of aliphatic imine (C=N–C) groups is 1. The zero-order chi connectivity index (χ0) is 6.91. The monoisotopic (exact) mass is 151 g/mol. The molecule has 0 N–H and O–H groups in total. The lowest BCUT2D eigenvalue weighted by Gasteiger charge is -1.98. The van der Waals surface area contributed by atoms with Crippen molar-refractivity contribution in [3.63, 3.8) is 0 Å². The molecule has 0 aliphatic carbocycles. The number of hydrogen-bond donors (Lipinski definition) is 0. The van der Waals surface area contributed by atoms with Gasteiger partial charge in [0, 0.05) is 0 Å². The molecule has 0 aromatic carbocycles. The van der Waals surface area contributed by atoms with E-state index in [2.05, 4.69) is 10.2 Å². The molecule has 1 heterocycles. The molecule has 1 aliphatic heterocycles. The van der Waals surface area contributed by atoms with Gasteiger partial charge in [0.2, 0.25) is 5.70 Å². The highest BCUT2D eigenvalue weighted by Crippen LogP contribution is 2.24. The van der Waals surface area contributed by atoms with Crippen LogP contribution < -0.4 is 0 Å². The summed E-state index contributed by atoms with van der Waals surface area (Å²) in [6.45, 7) is 0. The first kappa shape index (κ1) is 6.36. The second-order valence-electron chi connectivity index (χ2n) is 1.25. The van der Waals surface area contributed by atoms with Crippen molar-refractivity contribution in [2.75, 3.05) is 0 Å². The van der Waals surface area contributed by atoms with Gasteiger partial charge in [0.15, 0.2) is 0 Å². The molecule has 1 aliphatic rings. The molecule has 0 aromatic rings. The summed E-state index contributed by atoms with van der Waals surface area (Å²) in [5, 5.41) is 3.98. The lowest BCUT2D eigenvalue weighted by Crippen LogP contribution is -2.09. The molecule has 0 amide bonds. The van der Waals surface area contributed by atoms with Crippen molar-refractivity contribution in [2.45, 2.75) is 6.18 Å². The van der Waals surface area contributed by atoms with E-state index in [1.54, 1.807) is 0 Å². The normalized spacial score (nSPS) is 15.7. The summed E-state index contributed by atoms with van der Waals surface area (Å²) < 4.78 is 34.5. The Morgan fingerprint density at radius 2 is 2.11 bits per heavy atom. The predicted octanol–water partition coefficient (Wildman–Crippen LogP) is 1.49. The van der Waals surface area contributed by atoms with Gasteiger partial charge in [0.1, 0.15) is 0 Å². The van der Waals surface area contributed by atoms with Crippen molar-refractivity contribution in [1.82, 2.24) is 0 Å². The van der Waals surface area contributed by atoms with E-state index in [1.807, 2.05) is 5.02 Å². The van der Waals surface area contributed by atoms with Gasteiger partial charge in [0.25, 0.3) is 0 Å². The summed E-state index contributed by atoms with van der Waals surface area (Å²) in [5.74, 6) is 0. The van der Waals surface area contributed by atoms with Crippen molar-refractivity contribution in [1.29, 1.82) is 0 Å². The maximum atomic E-state index is 11.5. The Morgan fingerprint density at radius 3 is 2.33 bits per heavy atom. The predicted molar refractivity (Wildman–Crippen MR) is 29.6 cm³/mol. The lowest BCUT2D eigenvalue weighted by atomic mass is 10.5. The minimum atomic E-state index is -4.36. The number of allylic oxidation sites excluding steroid dienone is 1. The standard InChI is InChI=1S/C4F3NS/c5-4(6,7)3-1-9-2-8-3. The zero-order valence-corrected chi connectivity index (χ0v) is 4.81. The molecule has 0 spiro atoms. The zero-order valence-electron chi connectivity index (χ0n) is 3.99. The Morgan fingerprint density at radius 1 is 1.44 bits per heavy atom. The SMILES string of the molecule is FC(F)(F)C1=C=S=C=N1. The van der Waals surface area contributed by atoms with Crippen LogP contribution in [0.2, 0.25) is 0 Å². The third kappa shape index (κ3) is 1.33. The maximum absolute atomic E-state index is 11.5. The van der Waals surface area contributed by atoms with E-state index in [4.69, 9.17) is 0 Å². The topological polar surface area (TPSA) is 12.4 Å². The molecule has 48 valence electrons. The van der Waals surface area contributed by atoms with Gasteiger partial charge in [-0.15, -0.1) is 0 Å². The van der Waals surface area contributed by atoms with Gasteiger partial charge < -0.3 is 0 Å². The van der Waals surface area contributed by atoms with Gasteiger partial charge in [-0.25, -0.2) is 0 Å². The Bertz CT molecular complexity index is 258. The largest absolute Gasteiger partial charge is 0.442 e.